The van der Waals surface area contributed by atoms with E-state index in [9.17, 15) is 4.79 Å². The van der Waals surface area contributed by atoms with Crippen LogP contribution in [0.15, 0.2) is 36.7 Å². The largest absolute Gasteiger partial charge is 0.497 e. The van der Waals surface area contributed by atoms with E-state index in [1.54, 1.807) is 42.3 Å². The molecule has 2 aromatic heterocycles. The highest BCUT2D eigenvalue weighted by Crippen LogP contribution is 2.28. The van der Waals surface area contributed by atoms with Crippen LogP contribution in [0.5, 0.6) is 5.75 Å². The second-order valence-electron chi connectivity index (χ2n) is 4.74. The Hall–Kier alpha value is -2.40. The van der Waals surface area contributed by atoms with Crippen molar-refractivity contribution < 1.29 is 9.53 Å². The molecule has 0 saturated heterocycles. The minimum atomic E-state index is -0.192. The van der Waals surface area contributed by atoms with Gasteiger partial charge in [-0.3, -0.25) is 4.79 Å². The summed E-state index contributed by atoms with van der Waals surface area (Å²) in [4.78, 5) is 17.0. The molecule has 0 saturated carbocycles. The zero-order valence-electron chi connectivity index (χ0n) is 12.2. The lowest BCUT2D eigenvalue weighted by atomic mass is 10.0. The Morgan fingerprint density at radius 1 is 1.36 bits per heavy atom. The molecule has 2 heterocycles. The molecule has 3 rings (SSSR count). The van der Waals surface area contributed by atoms with E-state index in [0.717, 1.165) is 0 Å². The summed E-state index contributed by atoms with van der Waals surface area (Å²) >= 11 is 6.38. The van der Waals surface area contributed by atoms with Crippen LogP contribution < -0.4 is 4.74 Å². The molecule has 3 aromatic rings. The normalized spacial score (nSPS) is 10.9. The van der Waals surface area contributed by atoms with Gasteiger partial charge in [0.25, 0.3) is 0 Å². The lowest BCUT2D eigenvalue weighted by Gasteiger charge is -2.06. The predicted molar refractivity (Wildman–Crippen MR) is 84.6 cm³/mol. The van der Waals surface area contributed by atoms with Crippen LogP contribution >= 0.6 is 11.6 Å². The third kappa shape index (κ3) is 2.33. The number of nitrogens with zero attached hydrogens (tertiary/aromatic N) is 3. The van der Waals surface area contributed by atoms with Gasteiger partial charge < -0.3 is 4.74 Å². The maximum atomic E-state index is 12.6. The average Bonchev–Trinajstić information content (AvgIpc) is 2.98. The summed E-state index contributed by atoms with van der Waals surface area (Å²) in [6.07, 6.45) is 3.14. The molecule has 22 heavy (non-hydrogen) atoms. The van der Waals surface area contributed by atoms with Crippen molar-refractivity contribution in [3.8, 4) is 5.75 Å². The summed E-state index contributed by atoms with van der Waals surface area (Å²) < 4.78 is 6.88. The molecule has 6 heteroatoms. The van der Waals surface area contributed by atoms with Crippen molar-refractivity contribution in [2.45, 2.75) is 13.5 Å². The van der Waals surface area contributed by atoms with Gasteiger partial charge in [-0.1, -0.05) is 23.7 Å². The van der Waals surface area contributed by atoms with Gasteiger partial charge in [0, 0.05) is 18.3 Å². The summed E-state index contributed by atoms with van der Waals surface area (Å²) in [6, 6.07) is 6.95. The number of pyridine rings is 1. The number of carbonyl (C=O) groups excluding carboxylic acids is 1. The first-order chi connectivity index (χ1) is 10.7. The summed E-state index contributed by atoms with van der Waals surface area (Å²) in [5.74, 6) is 0.428. The number of halogens is 1. The highest BCUT2D eigenvalue weighted by molar-refractivity contribution is 6.39. The summed E-state index contributed by atoms with van der Waals surface area (Å²) in [7, 11) is 1.56. The molecule has 0 amide bonds. The van der Waals surface area contributed by atoms with E-state index in [1.165, 1.54) is 6.20 Å². The maximum Gasteiger partial charge on any atom is 0.196 e. The molecule has 5 nitrogen and oxygen atoms in total. The zero-order valence-corrected chi connectivity index (χ0v) is 13.0. The van der Waals surface area contributed by atoms with Crippen molar-refractivity contribution in [3.63, 3.8) is 0 Å². The lowest BCUT2D eigenvalue weighted by Crippen LogP contribution is -2.04. The van der Waals surface area contributed by atoms with Crippen LogP contribution in [0.1, 0.15) is 22.8 Å². The summed E-state index contributed by atoms with van der Waals surface area (Å²) in [6.45, 7) is 2.66. The second kappa shape index (κ2) is 5.77. The van der Waals surface area contributed by atoms with Crippen LogP contribution in [-0.4, -0.2) is 27.7 Å². The van der Waals surface area contributed by atoms with Crippen molar-refractivity contribution in [3.05, 3.63) is 52.8 Å². The van der Waals surface area contributed by atoms with Crippen molar-refractivity contribution in [1.29, 1.82) is 0 Å². The first kappa shape index (κ1) is 14.5. The van der Waals surface area contributed by atoms with Crippen LogP contribution in [0.2, 0.25) is 5.02 Å². The molecule has 0 aliphatic rings. The molecule has 0 atom stereocenters. The number of hydrogen-bond acceptors (Lipinski definition) is 4. The van der Waals surface area contributed by atoms with E-state index in [-0.39, 0.29) is 5.78 Å². The summed E-state index contributed by atoms with van der Waals surface area (Å²) in [5, 5.41) is 5.26. The average molecular weight is 316 g/mol. The minimum absolute atomic E-state index is 0.192. The van der Waals surface area contributed by atoms with Gasteiger partial charge in [0.1, 0.15) is 5.75 Å². The van der Waals surface area contributed by atoms with Gasteiger partial charge in [-0.05, 0) is 19.1 Å². The number of ether oxygens (including phenoxy) is 1. The molecule has 0 fully saturated rings. The van der Waals surface area contributed by atoms with Gasteiger partial charge >= 0.3 is 0 Å². The Balaban J connectivity index is 2.09. The number of carbonyl (C=O) groups is 1. The topological polar surface area (TPSA) is 57.0 Å². The van der Waals surface area contributed by atoms with Gasteiger partial charge in [-0.25, -0.2) is 9.67 Å². The number of hydrogen-bond donors (Lipinski definition) is 0. The monoisotopic (exact) mass is 315 g/mol. The SMILES string of the molecule is CCn1ncc2c(Cl)c(C(=O)c3cccc(OC)c3)cnc21. The Bertz CT molecular complexity index is 858. The highest BCUT2D eigenvalue weighted by atomic mass is 35.5. The molecule has 0 unspecified atom stereocenters. The van der Waals surface area contributed by atoms with Crippen molar-refractivity contribution >= 4 is 28.4 Å². The van der Waals surface area contributed by atoms with Gasteiger partial charge in [0.2, 0.25) is 0 Å². The van der Waals surface area contributed by atoms with Gasteiger partial charge in [0.05, 0.1) is 29.3 Å². The number of fused-ring (bicyclic) bond motifs is 1. The third-order valence-corrected chi connectivity index (χ3v) is 3.88. The number of ketones is 1. The fourth-order valence-electron chi connectivity index (χ4n) is 2.31. The van der Waals surface area contributed by atoms with Gasteiger partial charge in [-0.2, -0.15) is 5.10 Å². The predicted octanol–water partition coefficient (Wildman–Crippen LogP) is 3.34. The van der Waals surface area contributed by atoms with Crippen LogP contribution in [0.25, 0.3) is 11.0 Å². The van der Waals surface area contributed by atoms with Crippen molar-refractivity contribution in [2.75, 3.05) is 7.11 Å². The zero-order chi connectivity index (χ0) is 15.7. The number of benzene rings is 1. The van der Waals surface area contributed by atoms with Crippen LogP contribution in [-0.2, 0) is 6.54 Å². The first-order valence-corrected chi connectivity index (χ1v) is 7.22. The molecule has 0 N–H and O–H groups in total. The molecular formula is C16H14ClN3O2. The Kier molecular flexibility index (Phi) is 3.81. The molecule has 0 aliphatic carbocycles. The van der Waals surface area contributed by atoms with Crippen molar-refractivity contribution in [1.82, 2.24) is 14.8 Å². The third-order valence-electron chi connectivity index (χ3n) is 3.48. The molecule has 0 radical (unpaired) electrons. The molecule has 1 aromatic carbocycles. The lowest BCUT2D eigenvalue weighted by molar-refractivity contribution is 0.103. The van der Waals surface area contributed by atoms with Crippen molar-refractivity contribution in [2.24, 2.45) is 0 Å². The quantitative estimate of drug-likeness (QED) is 0.693. The van der Waals surface area contributed by atoms with Crippen LogP contribution in [0, 0.1) is 0 Å². The number of aromatic nitrogens is 3. The Morgan fingerprint density at radius 2 is 2.18 bits per heavy atom. The fraction of sp³-hybridized carbons (Fsp3) is 0.188. The molecule has 0 spiro atoms. The highest BCUT2D eigenvalue weighted by Gasteiger charge is 2.18. The van der Waals surface area contributed by atoms with Gasteiger partial charge in [0.15, 0.2) is 11.4 Å². The van der Waals surface area contributed by atoms with Crippen LogP contribution in [0.3, 0.4) is 0 Å². The second-order valence-corrected chi connectivity index (χ2v) is 5.12. The van der Waals surface area contributed by atoms with Crippen LogP contribution in [0.4, 0.5) is 0 Å². The molecule has 112 valence electrons. The van der Waals surface area contributed by atoms with Gasteiger partial charge in [-0.15, -0.1) is 0 Å². The van der Waals surface area contributed by atoms with E-state index in [0.29, 0.717) is 39.5 Å². The number of aryl methyl sites for hydroxylation is 1. The first-order valence-electron chi connectivity index (χ1n) is 6.84. The molecular weight excluding hydrogens is 302 g/mol. The summed E-state index contributed by atoms with van der Waals surface area (Å²) in [5.41, 5.74) is 1.54. The Labute approximate surface area is 132 Å². The minimum Gasteiger partial charge on any atom is -0.497 e. The standard InChI is InChI=1S/C16H14ClN3O2/c1-3-20-16-13(9-19-20)14(17)12(8-18-16)15(21)10-5-4-6-11(7-10)22-2/h4-9H,3H2,1-2H3. The number of methoxy groups -OCH3 is 1. The Morgan fingerprint density at radius 3 is 2.91 bits per heavy atom. The fourth-order valence-corrected chi connectivity index (χ4v) is 2.57. The molecule has 0 aliphatic heterocycles. The van der Waals surface area contributed by atoms with E-state index >= 15 is 0 Å². The smallest absolute Gasteiger partial charge is 0.196 e. The number of rotatable bonds is 4. The maximum absolute atomic E-state index is 12.6. The van der Waals surface area contributed by atoms with E-state index in [4.69, 9.17) is 16.3 Å². The van der Waals surface area contributed by atoms with E-state index in [1.807, 2.05) is 6.92 Å². The molecule has 0 bridgehead atoms. The van der Waals surface area contributed by atoms with E-state index < -0.39 is 0 Å². The van der Waals surface area contributed by atoms with E-state index in [2.05, 4.69) is 10.1 Å².